The van der Waals surface area contributed by atoms with Gasteiger partial charge in [-0.2, -0.15) is 0 Å². The maximum Gasteiger partial charge on any atom is 0.180 e. The average Bonchev–Trinajstić information content (AvgIpc) is 3.21. The van der Waals surface area contributed by atoms with E-state index in [0.29, 0.717) is 41.3 Å². The number of hydrogen-bond acceptors (Lipinski definition) is 3. The van der Waals surface area contributed by atoms with Crippen molar-refractivity contribution in [3.63, 3.8) is 0 Å². The summed E-state index contributed by atoms with van der Waals surface area (Å²) in [6, 6.07) is 19.9. The molecule has 0 aliphatic rings. The average molecular weight is 506 g/mol. The molecule has 0 saturated carbocycles. The van der Waals surface area contributed by atoms with Crippen LogP contribution >= 0.6 is 35.6 Å². The zero-order chi connectivity index (χ0) is 22.3. The van der Waals surface area contributed by atoms with Gasteiger partial charge in [0, 0.05) is 34.2 Å². The molecule has 0 unspecified atom stereocenters. The monoisotopic (exact) mass is 504 g/mol. The van der Waals surface area contributed by atoms with Crippen molar-refractivity contribution in [2.75, 3.05) is 13.2 Å². The van der Waals surface area contributed by atoms with Gasteiger partial charge in [-0.3, -0.25) is 0 Å². The molecule has 33 heavy (non-hydrogen) atoms. The molecule has 3 aromatic carbocycles. The van der Waals surface area contributed by atoms with Gasteiger partial charge in [0.05, 0.1) is 11.6 Å². The highest BCUT2D eigenvalue weighted by Gasteiger charge is 2.14. The molecule has 1 aromatic heterocycles. The Morgan fingerprint density at radius 3 is 2.52 bits per heavy atom. The first-order valence-corrected chi connectivity index (χ1v) is 11.5. The Balaban J connectivity index is 0.00000306. The van der Waals surface area contributed by atoms with E-state index in [2.05, 4.69) is 34.7 Å². The van der Waals surface area contributed by atoms with Gasteiger partial charge < -0.3 is 19.8 Å². The third-order valence-corrected chi connectivity index (χ3v) is 5.92. The summed E-state index contributed by atoms with van der Waals surface area (Å²) >= 11 is 12.8. The quantitative estimate of drug-likeness (QED) is 0.224. The van der Waals surface area contributed by atoms with Crippen LogP contribution in [0, 0.1) is 0 Å². The van der Waals surface area contributed by atoms with Crippen LogP contribution in [0.15, 0.2) is 66.9 Å². The van der Waals surface area contributed by atoms with Crippen molar-refractivity contribution in [1.82, 2.24) is 10.3 Å². The van der Waals surface area contributed by atoms with Gasteiger partial charge in [-0.25, -0.2) is 0 Å². The summed E-state index contributed by atoms with van der Waals surface area (Å²) in [6.45, 7) is 4.33. The first-order chi connectivity index (χ1) is 15.7. The Morgan fingerprint density at radius 2 is 1.70 bits per heavy atom. The van der Waals surface area contributed by atoms with Crippen LogP contribution in [0.25, 0.3) is 10.9 Å². The molecule has 174 valence electrons. The molecule has 0 radical (unpaired) electrons. The lowest BCUT2D eigenvalue weighted by Gasteiger charge is -2.16. The fourth-order valence-corrected chi connectivity index (χ4v) is 4.16. The Labute approximate surface area is 210 Å². The molecule has 0 aliphatic carbocycles. The minimum Gasteiger partial charge on any atom is -0.490 e. The summed E-state index contributed by atoms with van der Waals surface area (Å²) in [6.07, 6.45) is 3.02. The van der Waals surface area contributed by atoms with Gasteiger partial charge in [-0.05, 0) is 55.3 Å². The van der Waals surface area contributed by atoms with Gasteiger partial charge in [0.1, 0.15) is 6.61 Å². The Kier molecular flexibility index (Phi) is 9.33. The third kappa shape index (κ3) is 6.36. The highest BCUT2D eigenvalue weighted by Crippen LogP contribution is 2.37. The summed E-state index contributed by atoms with van der Waals surface area (Å²) in [5.74, 6) is 1.18. The van der Waals surface area contributed by atoms with Crippen molar-refractivity contribution in [3.8, 4) is 11.5 Å². The van der Waals surface area contributed by atoms with E-state index in [1.165, 1.54) is 16.5 Å². The van der Waals surface area contributed by atoms with Crippen LogP contribution in [0.2, 0.25) is 10.0 Å². The summed E-state index contributed by atoms with van der Waals surface area (Å²) in [4.78, 5) is 3.33. The minimum absolute atomic E-state index is 0. The van der Waals surface area contributed by atoms with Crippen LogP contribution in [-0.4, -0.2) is 18.1 Å². The topological polar surface area (TPSA) is 46.3 Å². The summed E-state index contributed by atoms with van der Waals surface area (Å²) in [7, 11) is 0. The molecule has 4 rings (SSSR count). The van der Waals surface area contributed by atoms with E-state index in [1.807, 2.05) is 49.4 Å². The molecular formula is C26H27Cl3N2O2. The Hall–Kier alpha value is -2.37. The second-order valence-corrected chi connectivity index (χ2v) is 8.32. The highest BCUT2D eigenvalue weighted by atomic mass is 35.5. The molecule has 4 aromatic rings. The highest BCUT2D eigenvalue weighted by molar-refractivity contribution is 6.32. The number of hydrogen-bond donors (Lipinski definition) is 2. The van der Waals surface area contributed by atoms with Crippen LogP contribution in [-0.2, 0) is 19.6 Å². The predicted molar refractivity (Wildman–Crippen MR) is 139 cm³/mol. The number of rotatable bonds is 10. The van der Waals surface area contributed by atoms with Crippen LogP contribution in [0.5, 0.6) is 11.5 Å². The van der Waals surface area contributed by atoms with E-state index >= 15 is 0 Å². The zero-order valence-corrected chi connectivity index (χ0v) is 20.7. The van der Waals surface area contributed by atoms with Crippen LogP contribution < -0.4 is 14.8 Å². The first-order valence-electron chi connectivity index (χ1n) is 10.7. The smallest absolute Gasteiger partial charge is 0.180 e. The first kappa shape index (κ1) is 25.3. The summed E-state index contributed by atoms with van der Waals surface area (Å²) in [5, 5.41) is 5.96. The molecule has 1 heterocycles. The van der Waals surface area contributed by atoms with E-state index < -0.39 is 0 Å². The van der Waals surface area contributed by atoms with Gasteiger partial charge in [0.25, 0.3) is 0 Å². The number of benzene rings is 3. The fraction of sp³-hybridized carbons (Fsp3) is 0.231. The standard InChI is InChI=1S/C26H26Cl2N2O2.ClH/c1-2-31-25-14-18(13-23(28)26(25)32-17-20-7-3-5-9-22(20)27)15-29-12-11-19-16-30-24-10-6-4-8-21(19)24;/h3-10,13-14,16,29-30H,2,11-12,15,17H2,1H3;1H. The molecule has 0 bridgehead atoms. The lowest BCUT2D eigenvalue weighted by atomic mass is 10.1. The van der Waals surface area contributed by atoms with E-state index in [0.717, 1.165) is 24.1 Å². The summed E-state index contributed by atoms with van der Waals surface area (Å²) < 4.78 is 11.8. The lowest BCUT2D eigenvalue weighted by Crippen LogP contribution is -2.16. The molecule has 2 N–H and O–H groups in total. The number of H-pyrrole nitrogens is 1. The number of aromatic nitrogens is 1. The molecule has 7 heteroatoms. The largest absolute Gasteiger partial charge is 0.490 e. The SMILES string of the molecule is CCOc1cc(CNCCc2c[nH]c3ccccc23)cc(Cl)c1OCc1ccccc1Cl.Cl. The molecule has 0 saturated heterocycles. The molecular weight excluding hydrogens is 479 g/mol. The molecule has 0 aliphatic heterocycles. The van der Waals surface area contributed by atoms with E-state index in [9.17, 15) is 0 Å². The molecule has 0 amide bonds. The van der Waals surface area contributed by atoms with Crippen LogP contribution in [0.1, 0.15) is 23.6 Å². The van der Waals surface area contributed by atoms with Gasteiger partial charge in [0.2, 0.25) is 0 Å². The van der Waals surface area contributed by atoms with E-state index in [-0.39, 0.29) is 12.4 Å². The number of fused-ring (bicyclic) bond motifs is 1. The van der Waals surface area contributed by atoms with E-state index in [4.69, 9.17) is 32.7 Å². The van der Waals surface area contributed by atoms with Crippen molar-refractivity contribution < 1.29 is 9.47 Å². The van der Waals surface area contributed by atoms with Crippen molar-refractivity contribution in [1.29, 1.82) is 0 Å². The molecule has 0 atom stereocenters. The maximum absolute atomic E-state index is 6.57. The van der Waals surface area contributed by atoms with Crippen molar-refractivity contribution in [3.05, 3.63) is 93.6 Å². The third-order valence-electron chi connectivity index (χ3n) is 5.27. The molecule has 0 spiro atoms. The second kappa shape index (κ2) is 12.2. The van der Waals surface area contributed by atoms with Gasteiger partial charge >= 0.3 is 0 Å². The van der Waals surface area contributed by atoms with Gasteiger partial charge in [0.15, 0.2) is 11.5 Å². The maximum atomic E-state index is 6.57. The Morgan fingerprint density at radius 1 is 0.909 bits per heavy atom. The van der Waals surface area contributed by atoms with Gasteiger partial charge in [-0.1, -0.05) is 59.6 Å². The number of nitrogens with one attached hydrogen (secondary N) is 2. The number of aromatic amines is 1. The second-order valence-electron chi connectivity index (χ2n) is 7.50. The lowest BCUT2D eigenvalue weighted by molar-refractivity contribution is 0.269. The van der Waals surface area contributed by atoms with Crippen molar-refractivity contribution >= 4 is 46.5 Å². The minimum atomic E-state index is 0. The Bertz CT molecular complexity index is 1190. The van der Waals surface area contributed by atoms with Crippen molar-refractivity contribution in [2.24, 2.45) is 0 Å². The molecule has 0 fully saturated rings. The summed E-state index contributed by atoms with van der Waals surface area (Å²) in [5.41, 5.74) is 4.42. The molecule has 4 nitrogen and oxygen atoms in total. The number of halogens is 3. The number of ether oxygens (including phenoxy) is 2. The fourth-order valence-electron chi connectivity index (χ4n) is 3.69. The zero-order valence-electron chi connectivity index (χ0n) is 18.4. The number of para-hydroxylation sites is 1. The van der Waals surface area contributed by atoms with E-state index in [1.54, 1.807) is 0 Å². The van der Waals surface area contributed by atoms with Crippen molar-refractivity contribution in [2.45, 2.75) is 26.5 Å². The normalized spacial score (nSPS) is 10.8. The predicted octanol–water partition coefficient (Wildman–Crippen LogP) is 7.21. The van der Waals surface area contributed by atoms with Crippen LogP contribution in [0.4, 0.5) is 0 Å². The van der Waals surface area contributed by atoms with Gasteiger partial charge in [-0.15, -0.1) is 12.4 Å². The van der Waals surface area contributed by atoms with Crippen LogP contribution in [0.3, 0.4) is 0 Å².